The van der Waals surface area contributed by atoms with Gasteiger partial charge < -0.3 is 10.2 Å². The number of amides is 1. The van der Waals surface area contributed by atoms with Crippen molar-refractivity contribution in [2.75, 3.05) is 18.0 Å². The topological polar surface area (TPSA) is 69.0 Å². The van der Waals surface area contributed by atoms with Gasteiger partial charge in [0.15, 0.2) is 5.13 Å². The lowest BCUT2D eigenvalue weighted by Crippen LogP contribution is -2.27. The fraction of sp³-hybridized carbons (Fsp3) is 0.278. The number of anilines is 1. The van der Waals surface area contributed by atoms with E-state index in [1.54, 1.807) is 18.2 Å². The third kappa shape index (κ3) is 3.54. The zero-order valence-electron chi connectivity index (χ0n) is 14.3. The smallest absolute Gasteiger partial charge is 0.262 e. The lowest BCUT2D eigenvalue weighted by atomic mass is 10.1. The Morgan fingerprint density at radius 2 is 2.08 bits per heavy atom. The van der Waals surface area contributed by atoms with Crippen LogP contribution in [0.3, 0.4) is 0 Å². The van der Waals surface area contributed by atoms with Crippen LogP contribution in [-0.2, 0) is 0 Å². The first-order valence-corrected chi connectivity index (χ1v) is 9.80. The van der Waals surface area contributed by atoms with Crippen LogP contribution in [0.25, 0.3) is 9.53 Å². The minimum atomic E-state index is -1.04. The van der Waals surface area contributed by atoms with Crippen molar-refractivity contribution in [1.82, 2.24) is 10.3 Å². The molecule has 1 atom stereocenters. The number of halogens is 1. The van der Waals surface area contributed by atoms with Gasteiger partial charge in [0.05, 0.1) is 15.6 Å². The number of rotatable bonds is 6. The average Bonchev–Trinajstić information content (AvgIpc) is 3.20. The summed E-state index contributed by atoms with van der Waals surface area (Å²) in [5.41, 5.74) is 0.156. The Morgan fingerprint density at radius 1 is 1.35 bits per heavy atom. The van der Waals surface area contributed by atoms with Crippen molar-refractivity contribution in [1.29, 1.82) is 5.26 Å². The van der Waals surface area contributed by atoms with Crippen molar-refractivity contribution in [3.63, 3.8) is 0 Å². The van der Waals surface area contributed by atoms with Crippen molar-refractivity contribution >= 4 is 43.2 Å². The van der Waals surface area contributed by atoms with Gasteiger partial charge in [-0.2, -0.15) is 5.26 Å². The zero-order chi connectivity index (χ0) is 18.7. The number of nitrogens with zero attached hydrogens (tertiary/aromatic N) is 3. The molecule has 0 aliphatic heterocycles. The summed E-state index contributed by atoms with van der Waals surface area (Å²) in [5, 5.41) is 12.8. The standard InChI is InChI=1S/C18H17FN4OS2/c1-3-23(4-2)18-22-17-15(26-18)9-14(25-17)16(24)21-13(10-20)11-7-5-6-8-12(11)19/h5-9,13H,3-4H2,1-2H3,(H,21,24). The Kier molecular flexibility index (Phi) is 5.49. The maximum Gasteiger partial charge on any atom is 0.262 e. The second-order valence-electron chi connectivity index (χ2n) is 5.51. The SMILES string of the molecule is CCN(CC)c1nc2sc(C(=O)NC(C#N)c3ccccc3F)cc2s1. The molecule has 0 aliphatic rings. The molecular formula is C18H17FN4OS2. The third-order valence-corrected chi connectivity index (χ3v) is 6.18. The molecule has 5 nitrogen and oxygen atoms in total. The molecule has 0 aliphatic carbocycles. The minimum Gasteiger partial charge on any atom is -0.349 e. The molecule has 1 amide bonds. The zero-order valence-corrected chi connectivity index (χ0v) is 16.0. The van der Waals surface area contributed by atoms with Crippen molar-refractivity contribution in [3.8, 4) is 6.07 Å². The van der Waals surface area contributed by atoms with E-state index in [4.69, 9.17) is 0 Å². The van der Waals surface area contributed by atoms with E-state index in [1.165, 1.54) is 34.8 Å². The summed E-state index contributed by atoms with van der Waals surface area (Å²) >= 11 is 2.81. The largest absolute Gasteiger partial charge is 0.349 e. The van der Waals surface area contributed by atoms with Crippen LogP contribution >= 0.6 is 22.7 Å². The van der Waals surface area contributed by atoms with E-state index >= 15 is 0 Å². The van der Waals surface area contributed by atoms with Crippen LogP contribution in [0, 0.1) is 17.1 Å². The predicted molar refractivity (Wildman–Crippen MR) is 103 cm³/mol. The Bertz CT molecular complexity index is 940. The highest BCUT2D eigenvalue weighted by Gasteiger charge is 2.21. The fourth-order valence-corrected chi connectivity index (χ4v) is 4.80. The van der Waals surface area contributed by atoms with Gasteiger partial charge in [-0.25, -0.2) is 9.37 Å². The second kappa shape index (κ2) is 7.81. The molecule has 0 fully saturated rings. The number of hydrogen-bond acceptors (Lipinski definition) is 6. The number of carbonyl (C=O) groups is 1. The van der Waals surface area contributed by atoms with Gasteiger partial charge in [0.2, 0.25) is 0 Å². The molecule has 2 heterocycles. The predicted octanol–water partition coefficient (Wildman–Crippen LogP) is 4.34. The van der Waals surface area contributed by atoms with Gasteiger partial charge in [-0.05, 0) is 26.0 Å². The number of benzene rings is 1. The molecule has 0 saturated heterocycles. The van der Waals surface area contributed by atoms with Crippen LogP contribution in [0.4, 0.5) is 9.52 Å². The highest BCUT2D eigenvalue weighted by Crippen LogP contribution is 2.34. The summed E-state index contributed by atoms with van der Waals surface area (Å²) in [6, 6.07) is 8.62. The molecule has 3 rings (SSSR count). The van der Waals surface area contributed by atoms with Crippen LogP contribution < -0.4 is 10.2 Å². The highest BCUT2D eigenvalue weighted by molar-refractivity contribution is 7.29. The van der Waals surface area contributed by atoms with Gasteiger partial charge in [-0.1, -0.05) is 29.5 Å². The minimum absolute atomic E-state index is 0.156. The molecule has 2 aromatic heterocycles. The summed E-state index contributed by atoms with van der Waals surface area (Å²) < 4.78 is 14.8. The Morgan fingerprint density at radius 3 is 2.69 bits per heavy atom. The van der Waals surface area contributed by atoms with Crippen molar-refractivity contribution in [2.45, 2.75) is 19.9 Å². The van der Waals surface area contributed by atoms with Gasteiger partial charge in [-0.3, -0.25) is 4.79 Å². The highest BCUT2D eigenvalue weighted by atomic mass is 32.1. The lowest BCUT2D eigenvalue weighted by molar-refractivity contribution is 0.0949. The third-order valence-electron chi connectivity index (χ3n) is 3.96. The van der Waals surface area contributed by atoms with Gasteiger partial charge >= 0.3 is 0 Å². The van der Waals surface area contributed by atoms with Crippen LogP contribution in [0.2, 0.25) is 0 Å². The monoisotopic (exact) mass is 388 g/mol. The molecule has 1 unspecified atom stereocenters. The Labute approximate surface area is 158 Å². The van der Waals surface area contributed by atoms with Gasteiger partial charge in [0.25, 0.3) is 5.91 Å². The van der Waals surface area contributed by atoms with E-state index in [2.05, 4.69) is 29.0 Å². The van der Waals surface area contributed by atoms with Crippen LogP contribution in [0.15, 0.2) is 30.3 Å². The number of thiazole rings is 1. The van der Waals surface area contributed by atoms with Crippen molar-refractivity contribution in [3.05, 3.63) is 46.6 Å². The Hall–Kier alpha value is -2.50. The summed E-state index contributed by atoms with van der Waals surface area (Å²) in [4.78, 5) is 20.5. The quantitative estimate of drug-likeness (QED) is 0.682. The summed E-state index contributed by atoms with van der Waals surface area (Å²) in [6.45, 7) is 5.89. The number of fused-ring (bicyclic) bond motifs is 1. The van der Waals surface area contributed by atoms with E-state index in [0.29, 0.717) is 4.88 Å². The number of thiophene rings is 1. The number of carbonyl (C=O) groups excluding carboxylic acids is 1. The first-order valence-electron chi connectivity index (χ1n) is 8.17. The van der Waals surface area contributed by atoms with Crippen molar-refractivity contribution in [2.24, 2.45) is 0 Å². The van der Waals surface area contributed by atoms with Gasteiger partial charge in [0.1, 0.15) is 16.7 Å². The summed E-state index contributed by atoms with van der Waals surface area (Å²) in [6.07, 6.45) is 0. The molecule has 1 N–H and O–H groups in total. The molecule has 0 radical (unpaired) electrons. The van der Waals surface area contributed by atoms with E-state index in [-0.39, 0.29) is 5.56 Å². The van der Waals surface area contributed by atoms with Crippen molar-refractivity contribution < 1.29 is 9.18 Å². The maximum atomic E-state index is 13.9. The van der Waals surface area contributed by atoms with Crippen LogP contribution in [0.1, 0.15) is 35.1 Å². The van der Waals surface area contributed by atoms with Gasteiger partial charge in [-0.15, -0.1) is 11.3 Å². The maximum absolute atomic E-state index is 13.9. The lowest BCUT2D eigenvalue weighted by Gasteiger charge is -2.16. The van der Waals surface area contributed by atoms with Crippen LogP contribution in [-0.4, -0.2) is 24.0 Å². The van der Waals surface area contributed by atoms with Gasteiger partial charge in [0, 0.05) is 18.7 Å². The molecule has 0 spiro atoms. The van der Waals surface area contributed by atoms with E-state index < -0.39 is 17.8 Å². The van der Waals surface area contributed by atoms with E-state index in [1.807, 2.05) is 6.07 Å². The number of nitrogens with one attached hydrogen (secondary N) is 1. The van der Waals surface area contributed by atoms with Crippen LogP contribution in [0.5, 0.6) is 0 Å². The molecule has 0 saturated carbocycles. The van der Waals surface area contributed by atoms with E-state index in [9.17, 15) is 14.4 Å². The average molecular weight is 388 g/mol. The second-order valence-corrected chi connectivity index (χ2v) is 7.55. The first-order chi connectivity index (χ1) is 12.6. The first kappa shape index (κ1) is 18.3. The molecule has 134 valence electrons. The number of nitriles is 1. The molecule has 1 aromatic carbocycles. The molecule has 0 bridgehead atoms. The Balaban J connectivity index is 1.80. The fourth-order valence-electron chi connectivity index (χ4n) is 2.56. The normalized spacial score (nSPS) is 11.9. The molecular weight excluding hydrogens is 371 g/mol. The number of hydrogen-bond donors (Lipinski definition) is 1. The van der Waals surface area contributed by atoms with E-state index in [0.717, 1.165) is 27.8 Å². The molecule has 26 heavy (non-hydrogen) atoms. The molecule has 8 heteroatoms. The molecule has 3 aromatic rings. The summed E-state index contributed by atoms with van der Waals surface area (Å²) in [5.74, 6) is -0.920. The summed E-state index contributed by atoms with van der Waals surface area (Å²) in [7, 11) is 0. The number of aromatic nitrogens is 1.